The van der Waals surface area contributed by atoms with Crippen LogP contribution in [0.25, 0.3) is 0 Å². The van der Waals surface area contributed by atoms with Gasteiger partial charge in [0.25, 0.3) is 0 Å². The Labute approximate surface area is 98.1 Å². The molecule has 0 aromatic heterocycles. The number of allylic oxidation sites excluding steroid dienone is 1. The molecule has 0 fully saturated rings. The zero-order valence-corrected chi connectivity index (χ0v) is 10.2. The van der Waals surface area contributed by atoms with Crippen molar-refractivity contribution in [2.45, 2.75) is 12.8 Å². The van der Waals surface area contributed by atoms with Crippen molar-refractivity contribution < 1.29 is 0 Å². The maximum absolute atomic E-state index is 6.05. The lowest BCUT2D eigenvalue weighted by Gasteiger charge is -2.00. The van der Waals surface area contributed by atoms with Crippen molar-refractivity contribution in [3.8, 4) is 0 Å². The number of hydrogen-bond donors (Lipinski definition) is 1. The van der Waals surface area contributed by atoms with Crippen LogP contribution in [-0.4, -0.2) is 6.54 Å². The second-order valence-electron chi connectivity index (χ2n) is 2.99. The second-order valence-corrected chi connectivity index (χ2v) is 4.31. The lowest BCUT2D eigenvalue weighted by atomic mass is 10.1. The molecule has 0 unspecified atom stereocenters. The van der Waals surface area contributed by atoms with E-state index in [9.17, 15) is 0 Å². The Morgan fingerprint density at radius 1 is 1.36 bits per heavy atom. The highest BCUT2D eigenvalue weighted by Crippen LogP contribution is 2.21. The Morgan fingerprint density at radius 3 is 2.79 bits per heavy atom. The van der Waals surface area contributed by atoms with E-state index < -0.39 is 0 Å². The monoisotopic (exact) mass is 273 g/mol. The molecule has 1 rings (SSSR count). The van der Waals surface area contributed by atoms with Crippen LogP contribution in [0.1, 0.15) is 12.0 Å². The summed E-state index contributed by atoms with van der Waals surface area (Å²) in [6.07, 6.45) is 5.97. The molecule has 0 aliphatic rings. The molecule has 76 valence electrons. The van der Waals surface area contributed by atoms with Crippen molar-refractivity contribution in [2.75, 3.05) is 6.54 Å². The van der Waals surface area contributed by atoms with Crippen molar-refractivity contribution >= 4 is 27.5 Å². The van der Waals surface area contributed by atoms with E-state index in [1.807, 2.05) is 18.2 Å². The molecule has 1 aromatic rings. The van der Waals surface area contributed by atoms with Crippen LogP contribution >= 0.6 is 27.5 Å². The Kier molecular flexibility index (Phi) is 5.23. The first-order chi connectivity index (χ1) is 6.74. The predicted octanol–water partition coefficient (Wildman–Crippen LogP) is 3.55. The standard InChI is InChI=1S/C11H13BrClN/c12-10-6-5-9(11(13)8-10)4-2-1-3-7-14/h1-2,5-6,8H,3-4,7,14H2/b2-1+. The summed E-state index contributed by atoms with van der Waals surface area (Å²) in [6, 6.07) is 5.94. The largest absolute Gasteiger partial charge is 0.330 e. The van der Waals surface area contributed by atoms with Crippen LogP contribution in [0.15, 0.2) is 34.8 Å². The van der Waals surface area contributed by atoms with Crippen LogP contribution < -0.4 is 5.73 Å². The Morgan fingerprint density at radius 2 is 2.14 bits per heavy atom. The molecule has 0 heterocycles. The summed E-state index contributed by atoms with van der Waals surface area (Å²) in [5.41, 5.74) is 6.52. The van der Waals surface area contributed by atoms with Gasteiger partial charge in [0, 0.05) is 9.50 Å². The van der Waals surface area contributed by atoms with E-state index >= 15 is 0 Å². The average molecular weight is 275 g/mol. The Hall–Kier alpha value is -0.310. The molecule has 14 heavy (non-hydrogen) atoms. The summed E-state index contributed by atoms with van der Waals surface area (Å²) in [6.45, 7) is 0.699. The predicted molar refractivity (Wildman–Crippen MR) is 65.7 cm³/mol. The quantitative estimate of drug-likeness (QED) is 0.835. The van der Waals surface area contributed by atoms with E-state index in [1.54, 1.807) is 0 Å². The van der Waals surface area contributed by atoms with Crippen LogP contribution in [0.4, 0.5) is 0 Å². The Bertz CT molecular complexity index is 323. The first-order valence-corrected chi connectivity index (χ1v) is 5.70. The highest BCUT2D eigenvalue weighted by Gasteiger charge is 1.97. The molecule has 0 bridgehead atoms. The van der Waals surface area contributed by atoms with E-state index in [0.29, 0.717) is 6.54 Å². The number of nitrogens with two attached hydrogens (primary N) is 1. The molecule has 0 saturated carbocycles. The summed E-state index contributed by atoms with van der Waals surface area (Å²) >= 11 is 9.42. The van der Waals surface area contributed by atoms with Crippen LogP contribution in [0.2, 0.25) is 5.02 Å². The van der Waals surface area contributed by atoms with Gasteiger partial charge < -0.3 is 5.73 Å². The maximum atomic E-state index is 6.05. The van der Waals surface area contributed by atoms with Crippen LogP contribution in [0.5, 0.6) is 0 Å². The van der Waals surface area contributed by atoms with E-state index in [2.05, 4.69) is 28.1 Å². The van der Waals surface area contributed by atoms with E-state index in [4.69, 9.17) is 17.3 Å². The molecular formula is C11H13BrClN. The van der Waals surface area contributed by atoms with Crippen molar-refractivity contribution in [3.05, 3.63) is 45.4 Å². The average Bonchev–Trinajstić information content (AvgIpc) is 2.15. The van der Waals surface area contributed by atoms with Crippen molar-refractivity contribution in [1.29, 1.82) is 0 Å². The summed E-state index contributed by atoms with van der Waals surface area (Å²) in [7, 11) is 0. The highest BCUT2D eigenvalue weighted by molar-refractivity contribution is 9.10. The van der Waals surface area contributed by atoms with Crippen molar-refractivity contribution in [2.24, 2.45) is 5.73 Å². The summed E-state index contributed by atoms with van der Waals surface area (Å²) < 4.78 is 1.01. The van der Waals surface area contributed by atoms with Gasteiger partial charge >= 0.3 is 0 Å². The summed E-state index contributed by atoms with van der Waals surface area (Å²) in [4.78, 5) is 0. The van der Waals surface area contributed by atoms with Gasteiger partial charge in [0.1, 0.15) is 0 Å². The Balaban J connectivity index is 2.59. The number of halogens is 2. The third-order valence-corrected chi connectivity index (χ3v) is 2.70. The molecule has 1 aromatic carbocycles. The van der Waals surface area contributed by atoms with Crippen LogP contribution in [0, 0.1) is 0 Å². The van der Waals surface area contributed by atoms with Crippen LogP contribution in [-0.2, 0) is 6.42 Å². The van der Waals surface area contributed by atoms with Crippen molar-refractivity contribution in [1.82, 2.24) is 0 Å². The van der Waals surface area contributed by atoms with Crippen molar-refractivity contribution in [3.63, 3.8) is 0 Å². The minimum absolute atomic E-state index is 0.699. The molecule has 0 atom stereocenters. The van der Waals surface area contributed by atoms with E-state index in [1.165, 1.54) is 0 Å². The molecule has 0 amide bonds. The smallest absolute Gasteiger partial charge is 0.0452 e. The molecular weight excluding hydrogens is 261 g/mol. The molecule has 0 radical (unpaired) electrons. The van der Waals surface area contributed by atoms with Gasteiger partial charge in [-0.1, -0.05) is 45.7 Å². The lowest BCUT2D eigenvalue weighted by molar-refractivity contribution is 1.00. The summed E-state index contributed by atoms with van der Waals surface area (Å²) in [5.74, 6) is 0. The second kappa shape index (κ2) is 6.23. The first-order valence-electron chi connectivity index (χ1n) is 4.53. The minimum Gasteiger partial charge on any atom is -0.330 e. The normalized spacial score (nSPS) is 11.1. The third kappa shape index (κ3) is 3.82. The van der Waals surface area contributed by atoms with Crippen LogP contribution in [0.3, 0.4) is 0 Å². The van der Waals surface area contributed by atoms with Gasteiger partial charge in [-0.3, -0.25) is 0 Å². The summed E-state index contributed by atoms with van der Waals surface area (Å²) in [5, 5.41) is 0.803. The zero-order chi connectivity index (χ0) is 10.4. The lowest BCUT2D eigenvalue weighted by Crippen LogP contribution is -1.95. The van der Waals surface area contributed by atoms with Gasteiger partial charge in [0.2, 0.25) is 0 Å². The molecule has 0 aliphatic carbocycles. The number of rotatable bonds is 4. The molecule has 2 N–H and O–H groups in total. The maximum Gasteiger partial charge on any atom is 0.0452 e. The number of benzene rings is 1. The van der Waals surface area contributed by atoms with Gasteiger partial charge in [0.05, 0.1) is 0 Å². The van der Waals surface area contributed by atoms with Gasteiger partial charge in [-0.05, 0) is 37.1 Å². The fourth-order valence-corrected chi connectivity index (χ4v) is 1.86. The van der Waals surface area contributed by atoms with Gasteiger partial charge in [-0.15, -0.1) is 0 Å². The topological polar surface area (TPSA) is 26.0 Å². The highest BCUT2D eigenvalue weighted by atomic mass is 79.9. The van der Waals surface area contributed by atoms with Gasteiger partial charge in [-0.2, -0.15) is 0 Å². The molecule has 0 aliphatic heterocycles. The third-order valence-electron chi connectivity index (χ3n) is 1.85. The first kappa shape index (κ1) is 11.8. The number of hydrogen-bond acceptors (Lipinski definition) is 1. The fourth-order valence-electron chi connectivity index (χ4n) is 1.11. The van der Waals surface area contributed by atoms with E-state index in [0.717, 1.165) is 27.9 Å². The molecule has 1 nitrogen and oxygen atoms in total. The minimum atomic E-state index is 0.699. The van der Waals surface area contributed by atoms with Gasteiger partial charge in [0.15, 0.2) is 0 Å². The zero-order valence-electron chi connectivity index (χ0n) is 7.84. The SMILES string of the molecule is NCC/C=C/Cc1ccc(Br)cc1Cl. The van der Waals surface area contributed by atoms with E-state index in [-0.39, 0.29) is 0 Å². The van der Waals surface area contributed by atoms with Gasteiger partial charge in [-0.25, -0.2) is 0 Å². The molecule has 0 spiro atoms. The molecule has 3 heteroatoms. The molecule has 0 saturated heterocycles. The fraction of sp³-hybridized carbons (Fsp3) is 0.273.